The second-order valence-corrected chi connectivity index (χ2v) is 7.36. The number of nitrogens with one attached hydrogen (secondary N) is 1. The zero-order valence-corrected chi connectivity index (χ0v) is 14.2. The highest BCUT2D eigenvalue weighted by Gasteiger charge is 2.19. The Bertz CT molecular complexity index is 604. The highest BCUT2D eigenvalue weighted by molar-refractivity contribution is 9.10. The number of carbonyl (C=O) groups is 1. The van der Waals surface area contributed by atoms with Crippen molar-refractivity contribution >= 4 is 41.6 Å². The van der Waals surface area contributed by atoms with Crippen LogP contribution >= 0.6 is 26.6 Å². The molecular formula is C12H15BrClNO4S. The fraction of sp³-hybridized carbons (Fsp3) is 0.417. The molecule has 1 aromatic carbocycles. The summed E-state index contributed by atoms with van der Waals surface area (Å²) in [6, 6.07) is 2.81. The van der Waals surface area contributed by atoms with E-state index in [1.165, 1.54) is 6.07 Å². The van der Waals surface area contributed by atoms with E-state index < -0.39 is 9.05 Å². The molecule has 0 radical (unpaired) electrons. The minimum absolute atomic E-state index is 0.0801. The molecule has 0 saturated heterocycles. The van der Waals surface area contributed by atoms with Gasteiger partial charge in [-0.05, 0) is 31.5 Å². The summed E-state index contributed by atoms with van der Waals surface area (Å²) < 4.78 is 28.6. The molecule has 0 aliphatic carbocycles. The highest BCUT2D eigenvalue weighted by Crippen LogP contribution is 2.28. The SMILES string of the molecule is CCOCCNC(=O)c1cc(Br)c(C)c(S(=O)(=O)Cl)c1. The van der Waals surface area contributed by atoms with Gasteiger partial charge in [0.15, 0.2) is 0 Å². The van der Waals surface area contributed by atoms with Gasteiger partial charge in [-0.2, -0.15) is 0 Å². The van der Waals surface area contributed by atoms with E-state index in [0.29, 0.717) is 29.8 Å². The lowest BCUT2D eigenvalue weighted by Gasteiger charge is -2.09. The van der Waals surface area contributed by atoms with Crippen LogP contribution in [0.4, 0.5) is 0 Å². The Morgan fingerprint density at radius 1 is 1.45 bits per heavy atom. The van der Waals surface area contributed by atoms with E-state index in [9.17, 15) is 13.2 Å². The van der Waals surface area contributed by atoms with Gasteiger partial charge in [-0.1, -0.05) is 15.9 Å². The molecule has 0 bridgehead atoms. The maximum Gasteiger partial charge on any atom is 0.261 e. The second-order valence-electron chi connectivity index (χ2n) is 3.97. The normalized spacial score (nSPS) is 11.4. The van der Waals surface area contributed by atoms with E-state index in [-0.39, 0.29) is 16.4 Å². The van der Waals surface area contributed by atoms with E-state index in [2.05, 4.69) is 21.2 Å². The zero-order chi connectivity index (χ0) is 15.3. The summed E-state index contributed by atoms with van der Waals surface area (Å²) in [6.07, 6.45) is 0. The third-order valence-electron chi connectivity index (χ3n) is 2.56. The Morgan fingerprint density at radius 3 is 2.65 bits per heavy atom. The summed E-state index contributed by atoms with van der Waals surface area (Å²) in [5.41, 5.74) is 0.684. The summed E-state index contributed by atoms with van der Waals surface area (Å²) >= 11 is 3.22. The van der Waals surface area contributed by atoms with Gasteiger partial charge in [0, 0.05) is 33.9 Å². The summed E-state index contributed by atoms with van der Waals surface area (Å²) in [6.45, 7) is 4.78. The lowest BCUT2D eigenvalue weighted by Crippen LogP contribution is -2.27. The minimum Gasteiger partial charge on any atom is -0.380 e. The Labute approximate surface area is 131 Å². The van der Waals surface area contributed by atoms with Crippen LogP contribution in [-0.4, -0.2) is 34.1 Å². The Hall–Kier alpha value is -0.630. The van der Waals surface area contributed by atoms with Crippen LogP contribution in [0.15, 0.2) is 21.5 Å². The molecule has 0 aromatic heterocycles. The van der Waals surface area contributed by atoms with E-state index >= 15 is 0 Å². The van der Waals surface area contributed by atoms with E-state index in [0.717, 1.165) is 0 Å². The number of rotatable bonds is 6. The summed E-state index contributed by atoms with van der Waals surface area (Å²) in [7, 11) is 1.45. The van der Waals surface area contributed by atoms with Crippen molar-refractivity contribution in [2.45, 2.75) is 18.7 Å². The highest BCUT2D eigenvalue weighted by atomic mass is 79.9. The maximum absolute atomic E-state index is 11.9. The van der Waals surface area contributed by atoms with Crippen LogP contribution in [0, 0.1) is 6.92 Å². The molecule has 0 saturated carbocycles. The van der Waals surface area contributed by atoms with Crippen molar-refractivity contribution in [3.63, 3.8) is 0 Å². The van der Waals surface area contributed by atoms with Gasteiger partial charge in [0.2, 0.25) is 0 Å². The minimum atomic E-state index is -3.90. The van der Waals surface area contributed by atoms with Gasteiger partial charge in [0.1, 0.15) is 0 Å². The van der Waals surface area contributed by atoms with Crippen LogP contribution in [0.2, 0.25) is 0 Å². The average molecular weight is 385 g/mol. The average Bonchev–Trinajstić information content (AvgIpc) is 2.36. The topological polar surface area (TPSA) is 72.5 Å². The Kier molecular flexibility index (Phi) is 6.44. The number of benzene rings is 1. The molecule has 1 aromatic rings. The number of ether oxygens (including phenoxy) is 1. The Balaban J connectivity index is 2.97. The van der Waals surface area contributed by atoms with Gasteiger partial charge >= 0.3 is 0 Å². The molecule has 0 aliphatic heterocycles. The first kappa shape index (κ1) is 17.4. The molecule has 1 amide bonds. The fourth-order valence-electron chi connectivity index (χ4n) is 1.52. The molecule has 0 atom stereocenters. The lowest BCUT2D eigenvalue weighted by molar-refractivity contribution is 0.0922. The number of carbonyl (C=O) groups excluding carboxylic acids is 1. The quantitative estimate of drug-likeness (QED) is 0.604. The van der Waals surface area contributed by atoms with Gasteiger partial charge < -0.3 is 10.1 Å². The molecule has 20 heavy (non-hydrogen) atoms. The third kappa shape index (κ3) is 4.73. The first-order valence-electron chi connectivity index (χ1n) is 5.88. The first-order chi connectivity index (χ1) is 9.27. The van der Waals surface area contributed by atoms with Crippen molar-refractivity contribution in [3.8, 4) is 0 Å². The van der Waals surface area contributed by atoms with Crippen LogP contribution in [0.3, 0.4) is 0 Å². The molecule has 1 rings (SSSR count). The van der Waals surface area contributed by atoms with Crippen molar-refractivity contribution in [1.82, 2.24) is 5.32 Å². The van der Waals surface area contributed by atoms with E-state index in [1.54, 1.807) is 13.0 Å². The largest absolute Gasteiger partial charge is 0.380 e. The number of hydrogen-bond donors (Lipinski definition) is 1. The number of amides is 1. The number of halogens is 2. The molecule has 8 heteroatoms. The zero-order valence-electron chi connectivity index (χ0n) is 11.1. The lowest BCUT2D eigenvalue weighted by atomic mass is 10.1. The van der Waals surface area contributed by atoms with Crippen molar-refractivity contribution in [2.75, 3.05) is 19.8 Å². The smallest absolute Gasteiger partial charge is 0.261 e. The van der Waals surface area contributed by atoms with E-state index in [1.807, 2.05) is 6.92 Å². The molecule has 0 unspecified atom stereocenters. The van der Waals surface area contributed by atoms with Crippen LogP contribution in [-0.2, 0) is 13.8 Å². The van der Waals surface area contributed by atoms with Crippen molar-refractivity contribution in [3.05, 3.63) is 27.7 Å². The monoisotopic (exact) mass is 383 g/mol. The van der Waals surface area contributed by atoms with Crippen LogP contribution in [0.25, 0.3) is 0 Å². The number of hydrogen-bond acceptors (Lipinski definition) is 4. The summed E-state index contributed by atoms with van der Waals surface area (Å²) in [4.78, 5) is 11.8. The van der Waals surface area contributed by atoms with Gasteiger partial charge in [0.25, 0.3) is 15.0 Å². The first-order valence-corrected chi connectivity index (χ1v) is 8.98. The molecule has 1 N–H and O–H groups in total. The van der Waals surface area contributed by atoms with Crippen LogP contribution in [0.5, 0.6) is 0 Å². The third-order valence-corrected chi connectivity index (χ3v) is 4.83. The molecule has 112 valence electrons. The molecule has 0 heterocycles. The molecule has 0 spiro atoms. The predicted molar refractivity (Wildman–Crippen MR) is 80.7 cm³/mol. The van der Waals surface area contributed by atoms with Gasteiger partial charge in [-0.3, -0.25) is 4.79 Å². The molecule has 0 fully saturated rings. The second kappa shape index (κ2) is 7.40. The maximum atomic E-state index is 11.9. The van der Waals surface area contributed by atoms with Crippen molar-refractivity contribution < 1.29 is 17.9 Å². The molecule has 5 nitrogen and oxygen atoms in total. The fourth-order valence-corrected chi connectivity index (χ4v) is 3.34. The van der Waals surface area contributed by atoms with Crippen molar-refractivity contribution in [2.24, 2.45) is 0 Å². The van der Waals surface area contributed by atoms with E-state index in [4.69, 9.17) is 15.4 Å². The van der Waals surface area contributed by atoms with Crippen LogP contribution in [0.1, 0.15) is 22.8 Å². The standard InChI is InChI=1S/C12H15BrClNO4S/c1-3-19-5-4-15-12(16)9-6-10(13)8(2)11(7-9)20(14,17)18/h6-7H,3-5H2,1-2H3,(H,15,16). The summed E-state index contributed by atoms with van der Waals surface area (Å²) in [5.74, 6) is -0.382. The predicted octanol–water partition coefficient (Wildman–Crippen LogP) is 2.45. The van der Waals surface area contributed by atoms with Gasteiger partial charge in [-0.15, -0.1) is 0 Å². The Morgan fingerprint density at radius 2 is 2.10 bits per heavy atom. The summed E-state index contributed by atoms with van der Waals surface area (Å²) in [5, 5.41) is 2.64. The van der Waals surface area contributed by atoms with Crippen molar-refractivity contribution in [1.29, 1.82) is 0 Å². The molecule has 0 aliphatic rings. The van der Waals surface area contributed by atoms with Crippen LogP contribution < -0.4 is 5.32 Å². The van der Waals surface area contributed by atoms with Gasteiger partial charge in [0.05, 0.1) is 11.5 Å². The van der Waals surface area contributed by atoms with Gasteiger partial charge in [-0.25, -0.2) is 8.42 Å². The molecular weight excluding hydrogens is 370 g/mol.